The van der Waals surface area contributed by atoms with Crippen LogP contribution in [0.25, 0.3) is 0 Å². The summed E-state index contributed by atoms with van der Waals surface area (Å²) < 4.78 is 23.2. The molecular formula is C16H16FNO3. The Morgan fingerprint density at radius 3 is 2.62 bits per heavy atom. The average Bonchev–Trinajstić information content (AvgIpc) is 2.48. The van der Waals surface area contributed by atoms with Crippen molar-refractivity contribution in [2.45, 2.75) is 0 Å². The van der Waals surface area contributed by atoms with E-state index in [-0.39, 0.29) is 11.7 Å². The van der Waals surface area contributed by atoms with Crippen molar-refractivity contribution in [1.82, 2.24) is 0 Å². The van der Waals surface area contributed by atoms with E-state index in [1.165, 1.54) is 24.3 Å². The molecular weight excluding hydrogens is 273 g/mol. The lowest BCUT2D eigenvalue weighted by Gasteiger charge is -2.09. The molecule has 5 heteroatoms. The van der Waals surface area contributed by atoms with Gasteiger partial charge >= 0.3 is 0 Å². The fraction of sp³-hybridized carbons (Fsp3) is 0.188. The highest BCUT2D eigenvalue weighted by Gasteiger charge is 2.06. The van der Waals surface area contributed by atoms with Gasteiger partial charge in [0.25, 0.3) is 5.91 Å². The summed E-state index contributed by atoms with van der Waals surface area (Å²) in [6, 6.07) is 12.4. The Morgan fingerprint density at radius 1 is 1.14 bits per heavy atom. The highest BCUT2D eigenvalue weighted by Crippen LogP contribution is 2.18. The maximum absolute atomic E-state index is 12.8. The van der Waals surface area contributed by atoms with Crippen LogP contribution in [0.15, 0.2) is 48.5 Å². The predicted octanol–water partition coefficient (Wildman–Crippen LogP) is 3.10. The first kappa shape index (κ1) is 15.0. The van der Waals surface area contributed by atoms with Crippen molar-refractivity contribution >= 4 is 11.6 Å². The number of amides is 1. The first-order valence-electron chi connectivity index (χ1n) is 6.48. The summed E-state index contributed by atoms with van der Waals surface area (Å²) in [5, 5.41) is 2.74. The molecule has 0 aliphatic heterocycles. The van der Waals surface area contributed by atoms with Crippen LogP contribution in [0.5, 0.6) is 5.75 Å². The summed E-state index contributed by atoms with van der Waals surface area (Å²) in [5.74, 6) is -0.0342. The molecule has 0 aromatic heterocycles. The standard InChI is InChI=1S/C16H16FNO3/c1-20-9-10-21-15-4-2-3-14(11-15)18-16(19)12-5-7-13(17)8-6-12/h2-8,11H,9-10H2,1H3,(H,18,19). The normalized spacial score (nSPS) is 10.2. The van der Waals surface area contributed by atoms with Crippen LogP contribution in [0.2, 0.25) is 0 Å². The molecule has 0 unspecified atom stereocenters. The Bertz CT molecular complexity index is 599. The van der Waals surface area contributed by atoms with Crippen LogP contribution in [0.1, 0.15) is 10.4 Å². The van der Waals surface area contributed by atoms with Gasteiger partial charge in [-0.1, -0.05) is 6.07 Å². The van der Waals surface area contributed by atoms with Gasteiger partial charge in [0.05, 0.1) is 6.61 Å². The van der Waals surface area contributed by atoms with Crippen LogP contribution in [-0.4, -0.2) is 26.2 Å². The minimum atomic E-state index is -0.375. The molecule has 1 N–H and O–H groups in total. The van der Waals surface area contributed by atoms with Gasteiger partial charge in [0.2, 0.25) is 0 Å². The SMILES string of the molecule is COCCOc1cccc(NC(=O)c2ccc(F)cc2)c1. The zero-order valence-electron chi connectivity index (χ0n) is 11.6. The molecule has 2 aromatic carbocycles. The molecule has 0 spiro atoms. The second kappa shape index (κ2) is 7.40. The maximum Gasteiger partial charge on any atom is 0.255 e. The second-order valence-corrected chi connectivity index (χ2v) is 4.33. The third kappa shape index (κ3) is 4.57. The van der Waals surface area contributed by atoms with Crippen molar-refractivity contribution in [3.8, 4) is 5.75 Å². The molecule has 110 valence electrons. The summed E-state index contributed by atoms with van der Waals surface area (Å²) in [7, 11) is 1.60. The number of hydrogen-bond acceptors (Lipinski definition) is 3. The monoisotopic (exact) mass is 289 g/mol. The van der Waals surface area contributed by atoms with E-state index in [9.17, 15) is 9.18 Å². The van der Waals surface area contributed by atoms with Crippen molar-refractivity contribution < 1.29 is 18.7 Å². The largest absolute Gasteiger partial charge is 0.491 e. The maximum atomic E-state index is 12.8. The van der Waals surface area contributed by atoms with Crippen molar-refractivity contribution in [1.29, 1.82) is 0 Å². The van der Waals surface area contributed by atoms with Crippen LogP contribution in [-0.2, 0) is 4.74 Å². The zero-order chi connectivity index (χ0) is 15.1. The Labute approximate surface area is 122 Å². The molecule has 0 bridgehead atoms. The molecule has 0 aliphatic carbocycles. The third-order valence-corrected chi connectivity index (χ3v) is 2.75. The van der Waals surface area contributed by atoms with Gasteiger partial charge in [0.1, 0.15) is 18.2 Å². The Morgan fingerprint density at radius 2 is 1.90 bits per heavy atom. The van der Waals surface area contributed by atoms with Gasteiger partial charge < -0.3 is 14.8 Å². The number of carbonyl (C=O) groups is 1. The number of rotatable bonds is 6. The van der Waals surface area contributed by atoms with Crippen molar-refractivity contribution in [3.63, 3.8) is 0 Å². The van der Waals surface area contributed by atoms with Crippen molar-refractivity contribution in [2.24, 2.45) is 0 Å². The summed E-state index contributed by atoms with van der Waals surface area (Å²) in [6.45, 7) is 0.929. The molecule has 4 nitrogen and oxygen atoms in total. The van der Waals surface area contributed by atoms with E-state index in [0.717, 1.165) is 0 Å². The lowest BCUT2D eigenvalue weighted by atomic mass is 10.2. The molecule has 0 saturated carbocycles. The summed E-state index contributed by atoms with van der Waals surface area (Å²) >= 11 is 0. The van der Waals surface area contributed by atoms with E-state index >= 15 is 0 Å². The predicted molar refractivity (Wildman–Crippen MR) is 78.2 cm³/mol. The number of anilines is 1. The van der Waals surface area contributed by atoms with E-state index in [1.807, 2.05) is 0 Å². The molecule has 0 heterocycles. The van der Waals surface area contributed by atoms with Crippen LogP contribution in [0.3, 0.4) is 0 Å². The van der Waals surface area contributed by atoms with E-state index in [4.69, 9.17) is 9.47 Å². The Kier molecular flexibility index (Phi) is 5.29. The van der Waals surface area contributed by atoms with Crippen molar-refractivity contribution in [2.75, 3.05) is 25.6 Å². The van der Waals surface area contributed by atoms with Gasteiger partial charge in [-0.25, -0.2) is 4.39 Å². The number of methoxy groups -OCH3 is 1. The summed E-state index contributed by atoms with van der Waals surface area (Å²) in [6.07, 6.45) is 0. The second-order valence-electron chi connectivity index (χ2n) is 4.33. The van der Waals surface area contributed by atoms with Crippen LogP contribution in [0, 0.1) is 5.82 Å². The lowest BCUT2D eigenvalue weighted by Crippen LogP contribution is -2.12. The Hall–Kier alpha value is -2.40. The van der Waals surface area contributed by atoms with E-state index < -0.39 is 0 Å². The van der Waals surface area contributed by atoms with Gasteiger partial charge in [-0.2, -0.15) is 0 Å². The number of nitrogens with one attached hydrogen (secondary N) is 1. The number of ether oxygens (including phenoxy) is 2. The lowest BCUT2D eigenvalue weighted by molar-refractivity contribution is 0.102. The summed E-state index contributed by atoms with van der Waals surface area (Å²) in [4.78, 5) is 12.0. The van der Waals surface area contributed by atoms with Gasteiger partial charge in [0.15, 0.2) is 0 Å². The van der Waals surface area contributed by atoms with Crippen LogP contribution >= 0.6 is 0 Å². The number of hydrogen-bond donors (Lipinski definition) is 1. The third-order valence-electron chi connectivity index (χ3n) is 2.75. The summed E-state index contributed by atoms with van der Waals surface area (Å²) in [5.41, 5.74) is 1.00. The molecule has 0 aliphatic rings. The smallest absolute Gasteiger partial charge is 0.255 e. The first-order valence-corrected chi connectivity index (χ1v) is 6.48. The Balaban J connectivity index is 2.00. The molecule has 0 saturated heterocycles. The van der Waals surface area contributed by atoms with Crippen LogP contribution < -0.4 is 10.1 Å². The van der Waals surface area contributed by atoms with E-state index in [2.05, 4.69) is 5.32 Å². The van der Waals surface area contributed by atoms with Gasteiger partial charge in [-0.3, -0.25) is 4.79 Å². The minimum Gasteiger partial charge on any atom is -0.491 e. The molecule has 21 heavy (non-hydrogen) atoms. The van der Waals surface area contributed by atoms with Gasteiger partial charge in [-0.15, -0.1) is 0 Å². The number of halogens is 1. The van der Waals surface area contributed by atoms with E-state index in [0.29, 0.717) is 30.2 Å². The topological polar surface area (TPSA) is 47.6 Å². The first-order chi connectivity index (χ1) is 10.2. The fourth-order valence-electron chi connectivity index (χ4n) is 1.71. The highest BCUT2D eigenvalue weighted by atomic mass is 19.1. The highest BCUT2D eigenvalue weighted by molar-refractivity contribution is 6.04. The van der Waals surface area contributed by atoms with E-state index in [1.54, 1.807) is 31.4 Å². The average molecular weight is 289 g/mol. The fourth-order valence-corrected chi connectivity index (χ4v) is 1.71. The number of carbonyl (C=O) groups excluding carboxylic acids is 1. The number of benzene rings is 2. The molecule has 0 fully saturated rings. The molecule has 2 rings (SSSR count). The molecule has 0 atom stereocenters. The van der Waals surface area contributed by atoms with Gasteiger partial charge in [-0.05, 0) is 36.4 Å². The molecule has 2 aromatic rings. The van der Waals surface area contributed by atoms with Crippen molar-refractivity contribution in [3.05, 3.63) is 59.9 Å². The zero-order valence-corrected chi connectivity index (χ0v) is 11.6. The molecule has 1 amide bonds. The quantitative estimate of drug-likeness (QED) is 0.831. The molecule has 0 radical (unpaired) electrons. The van der Waals surface area contributed by atoms with Gasteiger partial charge in [0, 0.05) is 24.4 Å². The minimum absolute atomic E-state index is 0.302. The van der Waals surface area contributed by atoms with Crippen LogP contribution in [0.4, 0.5) is 10.1 Å².